The van der Waals surface area contributed by atoms with Gasteiger partial charge in [0.05, 0.1) is 29.9 Å². The van der Waals surface area contributed by atoms with Gasteiger partial charge in [-0.2, -0.15) is 0 Å². The molecule has 0 atom stereocenters. The summed E-state index contributed by atoms with van der Waals surface area (Å²) in [6.45, 7) is 9.22. The number of hydrogen-bond donors (Lipinski definition) is 2. The maximum atomic E-state index is 11.4. The third-order valence-electron chi connectivity index (χ3n) is 8.11. The second-order valence-electron chi connectivity index (χ2n) is 11.4. The first-order valence-corrected chi connectivity index (χ1v) is 16.3. The lowest BCUT2D eigenvalue weighted by Crippen LogP contribution is -2.18. The van der Waals surface area contributed by atoms with Crippen LogP contribution in [-0.4, -0.2) is 35.9 Å². The molecule has 5 aromatic rings. The second kappa shape index (κ2) is 15.7. The zero-order chi connectivity index (χ0) is 34.2. The van der Waals surface area contributed by atoms with Gasteiger partial charge in [-0.1, -0.05) is 61.0 Å². The average molecular weight is 663 g/mol. The molecule has 0 aliphatic rings. The minimum atomic E-state index is -0.260. The molecule has 48 heavy (non-hydrogen) atoms. The van der Waals surface area contributed by atoms with Crippen molar-refractivity contribution in [1.29, 1.82) is 0 Å². The Kier molecular flexibility index (Phi) is 11.2. The third-order valence-corrected chi connectivity index (χ3v) is 8.39. The molecule has 246 valence electrons. The minimum absolute atomic E-state index is 0.260. The number of carbonyl (C=O) groups is 2. The molecule has 2 aromatic heterocycles. The number of fused-ring (bicyclic) bond motifs is 1. The Balaban J connectivity index is 1.46. The van der Waals surface area contributed by atoms with Crippen molar-refractivity contribution in [2.24, 2.45) is 0 Å². The topological polar surface area (TPSA) is 106 Å². The molecule has 0 aliphatic carbocycles. The van der Waals surface area contributed by atoms with Crippen molar-refractivity contribution in [2.75, 3.05) is 19.0 Å². The number of methoxy groups -OCH3 is 1. The van der Waals surface area contributed by atoms with Crippen LogP contribution in [0.5, 0.6) is 0 Å². The van der Waals surface area contributed by atoms with Crippen LogP contribution in [0.3, 0.4) is 0 Å². The lowest BCUT2D eigenvalue weighted by molar-refractivity contribution is -0.140. The highest BCUT2D eigenvalue weighted by atomic mass is 35.5. The first-order chi connectivity index (χ1) is 23.3. The Bertz CT molecular complexity index is 2030. The number of carbonyl (C=O) groups excluding carboxylic acids is 2. The Morgan fingerprint density at radius 3 is 2.52 bits per heavy atom. The van der Waals surface area contributed by atoms with Crippen molar-refractivity contribution in [2.45, 2.75) is 47.1 Å². The summed E-state index contributed by atoms with van der Waals surface area (Å²) in [7, 11) is 1.38. The predicted octanol–water partition coefficient (Wildman–Crippen LogP) is 9.19. The SMILES string of the molecule is C/C=C\c1cc(C=O)cnc1/C(=C/CC)Nc1cccc(-c2cccc(-c3nc4cc(CNCCC(=O)OC)cc(Cl)c4o3)c2C)c1C. The predicted molar refractivity (Wildman–Crippen MR) is 194 cm³/mol. The summed E-state index contributed by atoms with van der Waals surface area (Å²) in [5, 5.41) is 7.35. The first kappa shape index (κ1) is 34.3. The van der Waals surface area contributed by atoms with Gasteiger partial charge >= 0.3 is 5.97 Å². The number of pyridine rings is 1. The summed E-state index contributed by atoms with van der Waals surface area (Å²) >= 11 is 6.63. The van der Waals surface area contributed by atoms with Gasteiger partial charge in [0, 0.05) is 41.7 Å². The van der Waals surface area contributed by atoms with Crippen LogP contribution < -0.4 is 10.6 Å². The summed E-state index contributed by atoms with van der Waals surface area (Å²) in [5.41, 5.74) is 11.2. The van der Waals surface area contributed by atoms with E-state index < -0.39 is 0 Å². The summed E-state index contributed by atoms with van der Waals surface area (Å²) in [5.74, 6) is 0.229. The van der Waals surface area contributed by atoms with Crippen LogP contribution in [0.15, 0.2) is 77.4 Å². The minimum Gasteiger partial charge on any atom is -0.469 e. The van der Waals surface area contributed by atoms with Crippen molar-refractivity contribution < 1.29 is 18.7 Å². The molecule has 2 N–H and O–H groups in total. The van der Waals surface area contributed by atoms with Gasteiger partial charge in [-0.15, -0.1) is 0 Å². The van der Waals surface area contributed by atoms with Gasteiger partial charge < -0.3 is 19.8 Å². The van der Waals surface area contributed by atoms with E-state index in [0.29, 0.717) is 40.7 Å². The number of benzene rings is 3. The number of aromatic nitrogens is 2. The summed E-state index contributed by atoms with van der Waals surface area (Å²) < 4.78 is 10.9. The number of esters is 1. The van der Waals surface area contributed by atoms with Gasteiger partial charge in [-0.3, -0.25) is 14.6 Å². The Morgan fingerprint density at radius 1 is 1.04 bits per heavy atom. The van der Waals surface area contributed by atoms with Gasteiger partial charge in [-0.05, 0) is 85.3 Å². The molecule has 0 spiro atoms. The van der Waals surface area contributed by atoms with Crippen LogP contribution in [0.1, 0.15) is 65.0 Å². The largest absolute Gasteiger partial charge is 0.469 e. The molecular formula is C39H39ClN4O4. The first-order valence-electron chi connectivity index (χ1n) is 15.9. The molecule has 0 saturated heterocycles. The number of nitrogens with one attached hydrogen (secondary N) is 2. The van der Waals surface area contributed by atoms with Gasteiger partial charge in [0.15, 0.2) is 11.9 Å². The lowest BCUT2D eigenvalue weighted by Gasteiger charge is -2.18. The van der Waals surface area contributed by atoms with Crippen LogP contribution >= 0.6 is 11.6 Å². The molecule has 0 aliphatic heterocycles. The van der Waals surface area contributed by atoms with Crippen molar-refractivity contribution in [3.05, 3.63) is 111 Å². The highest BCUT2D eigenvalue weighted by Crippen LogP contribution is 2.38. The van der Waals surface area contributed by atoms with E-state index >= 15 is 0 Å². The third kappa shape index (κ3) is 7.56. The zero-order valence-corrected chi connectivity index (χ0v) is 28.6. The van der Waals surface area contributed by atoms with Gasteiger partial charge in [-0.25, -0.2) is 4.98 Å². The highest BCUT2D eigenvalue weighted by molar-refractivity contribution is 6.34. The van der Waals surface area contributed by atoms with Gasteiger partial charge in [0.2, 0.25) is 5.89 Å². The molecule has 0 amide bonds. The quantitative estimate of drug-likeness (QED) is 0.0730. The molecule has 0 saturated carbocycles. The van der Waals surface area contributed by atoms with Crippen LogP contribution in [-0.2, 0) is 16.1 Å². The highest BCUT2D eigenvalue weighted by Gasteiger charge is 2.18. The van der Waals surface area contributed by atoms with E-state index in [1.54, 1.807) is 6.20 Å². The number of nitrogens with zero attached hydrogens (tertiary/aromatic N) is 2. The maximum absolute atomic E-state index is 11.4. The van der Waals surface area contributed by atoms with E-state index in [2.05, 4.69) is 60.7 Å². The van der Waals surface area contributed by atoms with Crippen LogP contribution in [0.25, 0.3) is 45.5 Å². The van der Waals surface area contributed by atoms with Crippen molar-refractivity contribution in [3.8, 4) is 22.6 Å². The fraction of sp³-hybridized carbons (Fsp3) is 0.231. The number of halogens is 1. The molecule has 9 heteroatoms. The Hall–Kier alpha value is -5.05. The van der Waals surface area contributed by atoms with E-state index in [0.717, 1.165) is 68.7 Å². The fourth-order valence-corrected chi connectivity index (χ4v) is 5.94. The molecule has 5 rings (SSSR count). The van der Waals surface area contributed by atoms with Crippen molar-refractivity contribution >= 4 is 52.4 Å². The van der Waals surface area contributed by atoms with E-state index in [9.17, 15) is 9.59 Å². The Labute approximate surface area is 285 Å². The number of oxazole rings is 1. The summed E-state index contributed by atoms with van der Waals surface area (Å²) in [6, 6.07) is 18.0. The molecular weight excluding hydrogens is 624 g/mol. The average Bonchev–Trinajstić information content (AvgIpc) is 3.52. The lowest BCUT2D eigenvalue weighted by atomic mass is 9.92. The summed E-state index contributed by atoms with van der Waals surface area (Å²) in [6.07, 6.45) is 9.51. The molecule has 2 heterocycles. The van der Waals surface area contributed by atoms with Crippen molar-refractivity contribution in [3.63, 3.8) is 0 Å². The van der Waals surface area contributed by atoms with E-state index in [4.69, 9.17) is 25.7 Å². The molecule has 3 aromatic carbocycles. The van der Waals surface area contributed by atoms with E-state index in [1.165, 1.54) is 7.11 Å². The number of anilines is 1. The summed E-state index contributed by atoms with van der Waals surface area (Å²) in [4.78, 5) is 32.3. The molecule has 0 bridgehead atoms. The van der Waals surface area contributed by atoms with Gasteiger partial charge in [0.25, 0.3) is 0 Å². The molecule has 0 unspecified atom stereocenters. The number of rotatable bonds is 13. The number of allylic oxidation sites excluding steroid dienone is 2. The maximum Gasteiger partial charge on any atom is 0.306 e. The number of hydrogen-bond acceptors (Lipinski definition) is 8. The monoisotopic (exact) mass is 662 g/mol. The number of aldehydes is 1. The number of ether oxygens (including phenoxy) is 1. The normalized spacial score (nSPS) is 11.8. The van der Waals surface area contributed by atoms with Crippen molar-refractivity contribution in [1.82, 2.24) is 15.3 Å². The molecule has 0 radical (unpaired) electrons. The van der Waals surface area contributed by atoms with Gasteiger partial charge in [0.1, 0.15) is 5.52 Å². The van der Waals surface area contributed by atoms with Crippen LogP contribution in [0, 0.1) is 13.8 Å². The Morgan fingerprint density at radius 2 is 1.79 bits per heavy atom. The van der Waals surface area contributed by atoms with Crippen LogP contribution in [0.4, 0.5) is 5.69 Å². The standard InChI is InChI=1S/C39H39ClN4O4/c1-6-10-28-18-27(23-45)22-42-37(28)34(11-7-2)43-33-15-9-13-30(25(33)4)29-12-8-14-31(24(29)3)39-44-35-20-26(19-32(40)38(35)48-39)21-41-17-16-36(46)47-5/h6,8-15,18-20,22-23,41,43H,7,16-17,21H2,1-5H3/b10-6-,34-11-. The molecule has 8 nitrogen and oxygen atoms in total. The van der Waals surface area contributed by atoms with Crippen LogP contribution in [0.2, 0.25) is 5.02 Å². The van der Waals surface area contributed by atoms with E-state index in [1.807, 2.05) is 55.5 Å². The fourth-order valence-electron chi connectivity index (χ4n) is 5.66. The smallest absolute Gasteiger partial charge is 0.306 e. The second-order valence-corrected chi connectivity index (χ2v) is 11.8. The van der Waals surface area contributed by atoms with E-state index in [-0.39, 0.29) is 12.4 Å². The zero-order valence-electron chi connectivity index (χ0n) is 27.8. The molecule has 0 fully saturated rings.